The minimum Gasteiger partial charge on any atom is -0.491 e. The summed E-state index contributed by atoms with van der Waals surface area (Å²) in [5.74, 6) is 0.998. The Kier molecular flexibility index (Phi) is 4.46. The van der Waals surface area contributed by atoms with Gasteiger partial charge in [0.1, 0.15) is 5.75 Å². The van der Waals surface area contributed by atoms with Crippen LogP contribution in [0.1, 0.15) is 25.0 Å². The van der Waals surface area contributed by atoms with Crippen molar-refractivity contribution in [2.75, 3.05) is 5.33 Å². The normalized spacial score (nSPS) is 10.6. The number of hydrogen-bond acceptors (Lipinski definition) is 1. The number of alkyl halides is 1. The Morgan fingerprint density at radius 1 is 1.36 bits per heavy atom. The Bertz CT molecular complexity index is 294. The zero-order valence-electron chi connectivity index (χ0n) is 9.01. The second-order valence-electron chi connectivity index (χ2n) is 3.71. The molecule has 78 valence electrons. The molecule has 1 rings (SSSR count). The molecule has 0 heterocycles. The molecule has 0 amide bonds. The van der Waals surface area contributed by atoms with Crippen LogP contribution in [0.3, 0.4) is 0 Å². The molecule has 0 N–H and O–H groups in total. The lowest BCUT2D eigenvalue weighted by atomic mass is 10.1. The van der Waals surface area contributed by atoms with Crippen molar-refractivity contribution in [2.45, 2.75) is 33.3 Å². The van der Waals surface area contributed by atoms with Gasteiger partial charge in [0.2, 0.25) is 0 Å². The van der Waals surface area contributed by atoms with E-state index in [1.54, 1.807) is 0 Å². The van der Waals surface area contributed by atoms with E-state index in [2.05, 4.69) is 41.1 Å². The molecular formula is C12H17BrO. The lowest BCUT2D eigenvalue weighted by Gasteiger charge is -2.13. The number of hydrogen-bond donors (Lipinski definition) is 0. The van der Waals surface area contributed by atoms with E-state index in [-0.39, 0.29) is 6.10 Å². The average Bonchev–Trinajstić information content (AvgIpc) is 2.10. The molecule has 0 fully saturated rings. The van der Waals surface area contributed by atoms with E-state index in [0.29, 0.717) is 0 Å². The van der Waals surface area contributed by atoms with E-state index in [4.69, 9.17) is 4.74 Å². The van der Waals surface area contributed by atoms with Gasteiger partial charge in [-0.05, 0) is 44.4 Å². The first kappa shape index (κ1) is 11.6. The highest BCUT2D eigenvalue weighted by Crippen LogP contribution is 2.20. The van der Waals surface area contributed by atoms with Crippen LogP contribution in [0.15, 0.2) is 18.2 Å². The molecule has 0 aliphatic carbocycles. The third-order valence-corrected chi connectivity index (χ3v) is 2.38. The average molecular weight is 257 g/mol. The lowest BCUT2D eigenvalue weighted by molar-refractivity contribution is 0.240. The molecule has 14 heavy (non-hydrogen) atoms. The molecule has 0 aliphatic rings. The van der Waals surface area contributed by atoms with Crippen LogP contribution in [0.5, 0.6) is 5.75 Å². The summed E-state index contributed by atoms with van der Waals surface area (Å²) in [6.07, 6.45) is 1.32. The molecule has 0 radical (unpaired) electrons. The van der Waals surface area contributed by atoms with Gasteiger partial charge in [-0.2, -0.15) is 0 Å². The van der Waals surface area contributed by atoms with Gasteiger partial charge in [-0.25, -0.2) is 0 Å². The van der Waals surface area contributed by atoms with Gasteiger partial charge >= 0.3 is 0 Å². The zero-order chi connectivity index (χ0) is 10.6. The highest BCUT2D eigenvalue weighted by Gasteiger charge is 2.02. The first-order valence-corrected chi connectivity index (χ1v) is 6.07. The number of rotatable bonds is 4. The summed E-state index contributed by atoms with van der Waals surface area (Å²) in [6.45, 7) is 6.19. The second kappa shape index (κ2) is 5.40. The molecule has 0 atom stereocenters. The van der Waals surface area contributed by atoms with Gasteiger partial charge in [0.05, 0.1) is 6.10 Å². The monoisotopic (exact) mass is 256 g/mol. The van der Waals surface area contributed by atoms with E-state index < -0.39 is 0 Å². The van der Waals surface area contributed by atoms with Crippen molar-refractivity contribution in [2.24, 2.45) is 0 Å². The largest absolute Gasteiger partial charge is 0.491 e. The highest BCUT2D eigenvalue weighted by molar-refractivity contribution is 9.09. The van der Waals surface area contributed by atoms with E-state index in [1.165, 1.54) is 11.1 Å². The van der Waals surface area contributed by atoms with Crippen LogP contribution in [0.4, 0.5) is 0 Å². The molecule has 1 nitrogen and oxygen atoms in total. The smallest absolute Gasteiger partial charge is 0.122 e. The van der Waals surface area contributed by atoms with Crippen LogP contribution in [0.2, 0.25) is 0 Å². The molecule has 0 bridgehead atoms. The topological polar surface area (TPSA) is 9.23 Å². The Balaban J connectivity index is 2.79. The number of ether oxygens (including phenoxy) is 1. The summed E-state index contributed by atoms with van der Waals surface area (Å²) >= 11 is 3.44. The number of aryl methyl sites for hydroxylation is 2. The first-order valence-electron chi connectivity index (χ1n) is 4.95. The van der Waals surface area contributed by atoms with Gasteiger partial charge < -0.3 is 4.74 Å². The maximum Gasteiger partial charge on any atom is 0.122 e. The summed E-state index contributed by atoms with van der Waals surface area (Å²) in [7, 11) is 0. The highest BCUT2D eigenvalue weighted by atomic mass is 79.9. The summed E-state index contributed by atoms with van der Waals surface area (Å²) in [5.41, 5.74) is 2.58. The summed E-state index contributed by atoms with van der Waals surface area (Å²) < 4.78 is 5.67. The third-order valence-electron chi connectivity index (χ3n) is 1.99. The van der Waals surface area contributed by atoms with Crippen molar-refractivity contribution in [1.82, 2.24) is 0 Å². The molecule has 0 aliphatic heterocycles. The van der Waals surface area contributed by atoms with Crippen LogP contribution in [-0.2, 0) is 6.42 Å². The van der Waals surface area contributed by atoms with Gasteiger partial charge in [0.15, 0.2) is 0 Å². The lowest BCUT2D eigenvalue weighted by Crippen LogP contribution is -2.06. The predicted octanol–water partition coefficient (Wildman–Crippen LogP) is 3.72. The summed E-state index contributed by atoms with van der Waals surface area (Å²) in [6, 6.07) is 6.39. The van der Waals surface area contributed by atoms with Crippen LogP contribution >= 0.6 is 15.9 Å². The van der Waals surface area contributed by atoms with Crippen LogP contribution in [0.25, 0.3) is 0 Å². The van der Waals surface area contributed by atoms with Crippen LogP contribution < -0.4 is 4.74 Å². The molecule has 0 spiro atoms. The maximum atomic E-state index is 5.67. The molecule has 0 saturated carbocycles. The molecule has 0 saturated heterocycles. The minimum absolute atomic E-state index is 0.246. The molecule has 0 aromatic heterocycles. The Hall–Kier alpha value is -0.500. The van der Waals surface area contributed by atoms with E-state index in [0.717, 1.165) is 17.5 Å². The molecule has 2 heteroatoms. The molecule has 0 unspecified atom stereocenters. The first-order chi connectivity index (χ1) is 6.63. The SMILES string of the molecule is Cc1cc(CCBr)ccc1OC(C)C. The number of benzene rings is 1. The molecule has 1 aromatic carbocycles. The van der Waals surface area contributed by atoms with Crippen LogP contribution in [0, 0.1) is 6.92 Å². The maximum absolute atomic E-state index is 5.67. The third kappa shape index (κ3) is 3.33. The predicted molar refractivity (Wildman–Crippen MR) is 64.4 cm³/mol. The standard InChI is InChI=1S/C12H17BrO/c1-9(2)14-12-5-4-11(6-7-13)8-10(12)3/h4-5,8-9H,6-7H2,1-3H3. The van der Waals surface area contributed by atoms with Gasteiger partial charge in [0, 0.05) is 5.33 Å². The van der Waals surface area contributed by atoms with Gasteiger partial charge in [-0.3, -0.25) is 0 Å². The van der Waals surface area contributed by atoms with Gasteiger partial charge in [-0.15, -0.1) is 0 Å². The van der Waals surface area contributed by atoms with E-state index in [1.807, 2.05) is 13.8 Å². The van der Waals surface area contributed by atoms with E-state index in [9.17, 15) is 0 Å². The minimum atomic E-state index is 0.246. The van der Waals surface area contributed by atoms with Crippen molar-refractivity contribution >= 4 is 15.9 Å². The Morgan fingerprint density at radius 2 is 2.07 bits per heavy atom. The van der Waals surface area contributed by atoms with Crippen LogP contribution in [-0.4, -0.2) is 11.4 Å². The fraction of sp³-hybridized carbons (Fsp3) is 0.500. The fourth-order valence-corrected chi connectivity index (χ4v) is 1.82. The van der Waals surface area contributed by atoms with Crippen molar-refractivity contribution in [1.29, 1.82) is 0 Å². The molecular weight excluding hydrogens is 240 g/mol. The van der Waals surface area contributed by atoms with Gasteiger partial charge in [0.25, 0.3) is 0 Å². The van der Waals surface area contributed by atoms with Crippen molar-refractivity contribution < 1.29 is 4.74 Å². The quantitative estimate of drug-likeness (QED) is 0.747. The summed E-state index contributed by atoms with van der Waals surface area (Å²) in [4.78, 5) is 0. The van der Waals surface area contributed by atoms with E-state index >= 15 is 0 Å². The Morgan fingerprint density at radius 3 is 2.57 bits per heavy atom. The fourth-order valence-electron chi connectivity index (χ4n) is 1.36. The summed E-state index contributed by atoms with van der Waals surface area (Å²) in [5, 5.41) is 1.01. The van der Waals surface area contributed by atoms with Crippen molar-refractivity contribution in [3.8, 4) is 5.75 Å². The number of halogens is 1. The second-order valence-corrected chi connectivity index (χ2v) is 4.50. The molecule has 1 aromatic rings. The Labute approximate surface area is 94.6 Å². The van der Waals surface area contributed by atoms with Crippen molar-refractivity contribution in [3.63, 3.8) is 0 Å². The zero-order valence-corrected chi connectivity index (χ0v) is 10.6. The van der Waals surface area contributed by atoms with Gasteiger partial charge in [-0.1, -0.05) is 28.1 Å². The van der Waals surface area contributed by atoms with Crippen molar-refractivity contribution in [3.05, 3.63) is 29.3 Å².